The number of amides is 2. The van der Waals surface area contributed by atoms with Gasteiger partial charge in [0.2, 0.25) is 5.91 Å². The van der Waals surface area contributed by atoms with Gasteiger partial charge in [0.15, 0.2) is 0 Å². The van der Waals surface area contributed by atoms with Crippen LogP contribution < -0.4 is 10.6 Å². The normalized spacial score (nSPS) is 23.5. The van der Waals surface area contributed by atoms with E-state index >= 15 is 0 Å². The number of hydrogen-bond donors (Lipinski definition) is 2. The molecular formula is C16H19Cl2N3O2S. The van der Waals surface area contributed by atoms with Gasteiger partial charge in [-0.2, -0.15) is 0 Å². The minimum absolute atomic E-state index is 0.139. The summed E-state index contributed by atoms with van der Waals surface area (Å²) < 4.78 is 0. The number of nitrogens with zero attached hydrogens (tertiary/aromatic N) is 1. The summed E-state index contributed by atoms with van der Waals surface area (Å²) in [4.78, 5) is 26.5. The molecule has 0 radical (unpaired) electrons. The van der Waals surface area contributed by atoms with Gasteiger partial charge in [-0.1, -0.05) is 29.3 Å². The summed E-state index contributed by atoms with van der Waals surface area (Å²) in [5.74, 6) is 1.96. The molecule has 0 spiro atoms. The lowest BCUT2D eigenvalue weighted by Crippen LogP contribution is -2.42. The molecule has 2 atom stereocenters. The molecule has 5 nitrogen and oxygen atoms in total. The Hall–Kier alpha value is -0.950. The fourth-order valence-corrected chi connectivity index (χ4v) is 4.31. The molecule has 0 aliphatic carbocycles. The Balaban J connectivity index is 1.50. The molecule has 8 heteroatoms. The number of carbonyl (C=O) groups is 2. The minimum atomic E-state index is -0.242. The van der Waals surface area contributed by atoms with E-state index in [0.717, 1.165) is 31.1 Å². The Bertz CT molecular complexity index is 638. The zero-order valence-corrected chi connectivity index (χ0v) is 15.4. The maximum Gasteiger partial charge on any atom is 0.252 e. The Labute approximate surface area is 155 Å². The van der Waals surface area contributed by atoms with Crippen LogP contribution in [-0.2, 0) is 4.79 Å². The number of hydrogen-bond acceptors (Lipinski definition) is 4. The first-order valence-electron chi connectivity index (χ1n) is 7.88. The third kappa shape index (κ3) is 3.99. The Kier molecular flexibility index (Phi) is 5.92. The summed E-state index contributed by atoms with van der Waals surface area (Å²) >= 11 is 13.8. The summed E-state index contributed by atoms with van der Waals surface area (Å²) in [7, 11) is 0. The summed E-state index contributed by atoms with van der Waals surface area (Å²) in [5.41, 5.74) is 0.372. The van der Waals surface area contributed by atoms with Crippen molar-refractivity contribution in [3.63, 3.8) is 0 Å². The van der Waals surface area contributed by atoms with E-state index in [-0.39, 0.29) is 28.8 Å². The molecule has 3 rings (SSSR count). The Morgan fingerprint density at radius 1 is 1.38 bits per heavy atom. The van der Waals surface area contributed by atoms with Crippen molar-refractivity contribution in [3.8, 4) is 0 Å². The maximum atomic E-state index is 12.4. The SMILES string of the molecule is O=C(NCC1CN[C@H](C(=O)N2CCSC2)C1)c1cccc(Cl)c1Cl. The fourth-order valence-electron chi connectivity index (χ4n) is 2.97. The lowest BCUT2D eigenvalue weighted by atomic mass is 10.0. The molecule has 2 N–H and O–H groups in total. The van der Waals surface area contributed by atoms with E-state index in [1.807, 2.05) is 4.90 Å². The average Bonchev–Trinajstić information content (AvgIpc) is 3.26. The largest absolute Gasteiger partial charge is 0.352 e. The molecule has 1 aromatic carbocycles. The van der Waals surface area contributed by atoms with Gasteiger partial charge in [-0.05, 0) is 24.5 Å². The van der Waals surface area contributed by atoms with Gasteiger partial charge in [-0.25, -0.2) is 0 Å². The van der Waals surface area contributed by atoms with Crippen LogP contribution in [0.3, 0.4) is 0 Å². The van der Waals surface area contributed by atoms with Crippen molar-refractivity contribution in [3.05, 3.63) is 33.8 Å². The van der Waals surface area contributed by atoms with Gasteiger partial charge in [0.25, 0.3) is 5.91 Å². The summed E-state index contributed by atoms with van der Waals surface area (Å²) in [6, 6.07) is 4.85. The van der Waals surface area contributed by atoms with Gasteiger partial charge >= 0.3 is 0 Å². The van der Waals surface area contributed by atoms with Crippen LogP contribution in [0.15, 0.2) is 18.2 Å². The molecule has 1 unspecified atom stereocenters. The van der Waals surface area contributed by atoms with Crippen LogP contribution in [0.25, 0.3) is 0 Å². The lowest BCUT2D eigenvalue weighted by molar-refractivity contribution is -0.131. The van der Waals surface area contributed by atoms with Crippen LogP contribution in [0.1, 0.15) is 16.8 Å². The minimum Gasteiger partial charge on any atom is -0.352 e. The summed E-state index contributed by atoms with van der Waals surface area (Å²) in [6.07, 6.45) is 0.740. The van der Waals surface area contributed by atoms with Crippen LogP contribution in [-0.4, -0.2) is 54.0 Å². The van der Waals surface area contributed by atoms with E-state index in [1.54, 1.807) is 30.0 Å². The smallest absolute Gasteiger partial charge is 0.252 e. The monoisotopic (exact) mass is 387 g/mol. The van der Waals surface area contributed by atoms with Gasteiger partial charge < -0.3 is 15.5 Å². The highest BCUT2D eigenvalue weighted by Gasteiger charge is 2.33. The molecule has 130 valence electrons. The van der Waals surface area contributed by atoms with Gasteiger partial charge in [-0.3, -0.25) is 9.59 Å². The average molecular weight is 388 g/mol. The van der Waals surface area contributed by atoms with Crippen molar-refractivity contribution < 1.29 is 9.59 Å². The van der Waals surface area contributed by atoms with Gasteiger partial charge in [0.1, 0.15) is 0 Å². The van der Waals surface area contributed by atoms with E-state index in [0.29, 0.717) is 17.1 Å². The van der Waals surface area contributed by atoms with Crippen molar-refractivity contribution in [2.45, 2.75) is 12.5 Å². The van der Waals surface area contributed by atoms with Crippen molar-refractivity contribution >= 4 is 46.8 Å². The first-order valence-corrected chi connectivity index (χ1v) is 9.79. The first-order chi connectivity index (χ1) is 11.6. The number of carbonyl (C=O) groups excluding carboxylic acids is 2. The quantitative estimate of drug-likeness (QED) is 0.831. The number of rotatable bonds is 4. The highest BCUT2D eigenvalue weighted by Crippen LogP contribution is 2.25. The fraction of sp³-hybridized carbons (Fsp3) is 0.500. The van der Waals surface area contributed by atoms with Crippen LogP contribution >= 0.6 is 35.0 Å². The topological polar surface area (TPSA) is 61.4 Å². The maximum absolute atomic E-state index is 12.4. The van der Waals surface area contributed by atoms with Crippen LogP contribution in [0.2, 0.25) is 10.0 Å². The molecule has 2 aliphatic rings. The third-order valence-corrected chi connectivity index (χ3v) is 6.12. The van der Waals surface area contributed by atoms with Gasteiger partial charge in [-0.15, -0.1) is 11.8 Å². The van der Waals surface area contributed by atoms with Crippen LogP contribution in [0.4, 0.5) is 0 Å². The van der Waals surface area contributed by atoms with E-state index in [4.69, 9.17) is 23.2 Å². The Morgan fingerprint density at radius 3 is 2.96 bits per heavy atom. The molecule has 0 bridgehead atoms. The van der Waals surface area contributed by atoms with Crippen molar-refractivity contribution in [2.24, 2.45) is 5.92 Å². The molecule has 1 aromatic rings. The van der Waals surface area contributed by atoms with E-state index in [1.165, 1.54) is 0 Å². The molecule has 0 saturated carbocycles. The highest BCUT2D eigenvalue weighted by atomic mass is 35.5. The zero-order valence-electron chi connectivity index (χ0n) is 13.1. The first kappa shape index (κ1) is 17.9. The highest BCUT2D eigenvalue weighted by molar-refractivity contribution is 7.99. The number of halogens is 2. The molecule has 0 aromatic heterocycles. The molecular weight excluding hydrogens is 369 g/mol. The molecule has 2 heterocycles. The second kappa shape index (κ2) is 7.95. The van der Waals surface area contributed by atoms with E-state index in [2.05, 4.69) is 10.6 Å². The number of thioether (sulfide) groups is 1. The van der Waals surface area contributed by atoms with Crippen molar-refractivity contribution in [2.75, 3.05) is 31.3 Å². The second-order valence-corrected chi connectivity index (χ2v) is 7.87. The molecule has 2 saturated heterocycles. The van der Waals surface area contributed by atoms with Crippen molar-refractivity contribution in [1.82, 2.24) is 15.5 Å². The summed E-state index contributed by atoms with van der Waals surface area (Å²) in [5, 5.41) is 6.78. The molecule has 2 amide bonds. The number of benzene rings is 1. The third-order valence-electron chi connectivity index (χ3n) is 4.33. The second-order valence-electron chi connectivity index (χ2n) is 6.01. The lowest BCUT2D eigenvalue weighted by Gasteiger charge is -2.19. The predicted octanol–water partition coefficient (Wildman–Crippen LogP) is 2.23. The van der Waals surface area contributed by atoms with E-state index < -0.39 is 0 Å². The van der Waals surface area contributed by atoms with Crippen molar-refractivity contribution in [1.29, 1.82) is 0 Å². The summed E-state index contributed by atoms with van der Waals surface area (Å²) in [6.45, 7) is 2.06. The van der Waals surface area contributed by atoms with E-state index in [9.17, 15) is 9.59 Å². The van der Waals surface area contributed by atoms with Gasteiger partial charge in [0.05, 0.1) is 27.5 Å². The molecule has 2 fully saturated rings. The molecule has 2 aliphatic heterocycles. The molecule has 24 heavy (non-hydrogen) atoms. The zero-order chi connectivity index (χ0) is 17.1. The Morgan fingerprint density at radius 2 is 2.21 bits per heavy atom. The standard InChI is InChI=1S/C16H19Cl2N3O2S/c17-12-3-1-2-11(14(12)18)15(22)20-8-10-6-13(19-7-10)16(23)21-4-5-24-9-21/h1-3,10,13,19H,4-9H2,(H,20,22)/t10?,13-/m0/s1. The van der Waals surface area contributed by atoms with Crippen LogP contribution in [0.5, 0.6) is 0 Å². The van der Waals surface area contributed by atoms with Gasteiger partial charge in [0, 0.05) is 25.4 Å². The van der Waals surface area contributed by atoms with Crippen LogP contribution in [0, 0.1) is 5.92 Å². The predicted molar refractivity (Wildman–Crippen MR) is 97.7 cm³/mol. The number of nitrogens with one attached hydrogen (secondary N) is 2.